The van der Waals surface area contributed by atoms with Gasteiger partial charge in [-0.15, -0.1) is 0 Å². The molecule has 3 aromatic rings. The van der Waals surface area contributed by atoms with Crippen molar-refractivity contribution >= 4 is 23.3 Å². The fraction of sp³-hybridized carbons (Fsp3) is 0.130. The maximum absolute atomic E-state index is 12.5. The van der Waals surface area contributed by atoms with Crippen LogP contribution in [0.1, 0.15) is 49.3 Å². The Morgan fingerprint density at radius 3 is 2.45 bits per heavy atom. The van der Waals surface area contributed by atoms with Crippen molar-refractivity contribution in [3.8, 4) is 0 Å². The summed E-state index contributed by atoms with van der Waals surface area (Å²) in [6, 6.07) is 17.5. The van der Waals surface area contributed by atoms with Crippen molar-refractivity contribution in [1.82, 2.24) is 10.3 Å². The molecule has 0 aliphatic heterocycles. The molecule has 0 spiro atoms. The molecule has 2 amide bonds. The van der Waals surface area contributed by atoms with Crippen LogP contribution in [0.25, 0.3) is 0 Å². The molecule has 29 heavy (non-hydrogen) atoms. The van der Waals surface area contributed by atoms with Gasteiger partial charge in [0.05, 0.1) is 0 Å². The zero-order valence-corrected chi connectivity index (χ0v) is 16.2. The number of nitrogens with zero attached hydrogens (tertiary/aromatic N) is 1. The van der Waals surface area contributed by atoms with Gasteiger partial charge in [-0.25, -0.2) is 0 Å². The molecule has 146 valence electrons. The summed E-state index contributed by atoms with van der Waals surface area (Å²) in [6.45, 7) is 3.82. The second-order valence-electron chi connectivity index (χ2n) is 6.69. The minimum atomic E-state index is -0.388. The van der Waals surface area contributed by atoms with E-state index in [2.05, 4.69) is 15.6 Å². The number of nitrogens with one attached hydrogen (secondary N) is 2. The summed E-state index contributed by atoms with van der Waals surface area (Å²) in [6.07, 6.45) is 1.42. The van der Waals surface area contributed by atoms with Crippen LogP contribution in [0.3, 0.4) is 0 Å². The highest BCUT2D eigenvalue weighted by Crippen LogP contribution is 2.13. The number of carbonyl (C=O) groups excluding carboxylic acids is 3. The monoisotopic (exact) mass is 387 g/mol. The molecule has 0 unspecified atom stereocenters. The second kappa shape index (κ2) is 8.93. The summed E-state index contributed by atoms with van der Waals surface area (Å²) in [5.41, 5.74) is 3.57. The normalized spacial score (nSPS) is 10.3. The molecule has 0 saturated heterocycles. The van der Waals surface area contributed by atoms with Crippen molar-refractivity contribution in [3.63, 3.8) is 0 Å². The zero-order chi connectivity index (χ0) is 20.8. The van der Waals surface area contributed by atoms with Crippen LogP contribution >= 0.6 is 0 Å². The number of carbonyl (C=O) groups is 3. The Morgan fingerprint density at radius 2 is 1.69 bits per heavy atom. The van der Waals surface area contributed by atoms with Crippen molar-refractivity contribution in [2.24, 2.45) is 0 Å². The summed E-state index contributed by atoms with van der Waals surface area (Å²) in [4.78, 5) is 40.5. The summed E-state index contributed by atoms with van der Waals surface area (Å²) >= 11 is 0. The van der Waals surface area contributed by atoms with Crippen LogP contribution in [0.2, 0.25) is 0 Å². The Kier molecular flexibility index (Phi) is 6.14. The average Bonchev–Trinajstić information content (AvgIpc) is 2.72. The third-order valence-corrected chi connectivity index (χ3v) is 4.32. The number of pyridine rings is 1. The van der Waals surface area contributed by atoms with E-state index in [0.29, 0.717) is 23.4 Å². The first-order chi connectivity index (χ1) is 13.9. The predicted molar refractivity (Wildman–Crippen MR) is 111 cm³/mol. The van der Waals surface area contributed by atoms with Gasteiger partial charge in [-0.05, 0) is 43.7 Å². The number of benzene rings is 2. The molecule has 0 radical (unpaired) electrons. The summed E-state index contributed by atoms with van der Waals surface area (Å²) in [7, 11) is 0. The van der Waals surface area contributed by atoms with Crippen molar-refractivity contribution in [2.45, 2.75) is 20.4 Å². The van der Waals surface area contributed by atoms with Crippen LogP contribution in [0.15, 0.2) is 66.9 Å². The smallest absolute Gasteiger partial charge is 0.270 e. The molecule has 1 aromatic heterocycles. The van der Waals surface area contributed by atoms with E-state index in [9.17, 15) is 14.4 Å². The molecule has 2 N–H and O–H groups in total. The molecule has 0 aliphatic carbocycles. The maximum Gasteiger partial charge on any atom is 0.270 e. The molecule has 2 aromatic carbocycles. The highest BCUT2D eigenvalue weighted by molar-refractivity contribution is 6.06. The van der Waals surface area contributed by atoms with Crippen molar-refractivity contribution in [2.75, 3.05) is 5.32 Å². The van der Waals surface area contributed by atoms with Gasteiger partial charge >= 0.3 is 0 Å². The van der Waals surface area contributed by atoms with Crippen molar-refractivity contribution in [3.05, 3.63) is 94.8 Å². The second-order valence-corrected chi connectivity index (χ2v) is 6.69. The molecule has 0 fully saturated rings. The van der Waals surface area contributed by atoms with Crippen LogP contribution < -0.4 is 10.6 Å². The van der Waals surface area contributed by atoms with E-state index in [-0.39, 0.29) is 23.3 Å². The lowest BCUT2D eigenvalue weighted by molar-refractivity contribution is 0.0945. The van der Waals surface area contributed by atoms with Gasteiger partial charge in [0, 0.05) is 29.6 Å². The van der Waals surface area contributed by atoms with E-state index in [0.717, 1.165) is 11.1 Å². The number of aromatic nitrogens is 1. The molecule has 0 saturated carbocycles. The predicted octanol–water partition coefficient (Wildman–Crippen LogP) is 3.77. The fourth-order valence-corrected chi connectivity index (χ4v) is 2.81. The van der Waals surface area contributed by atoms with Crippen LogP contribution in [-0.2, 0) is 6.54 Å². The Labute approximate surface area is 169 Å². The molecule has 6 heteroatoms. The molecule has 0 atom stereocenters. The highest BCUT2D eigenvalue weighted by Gasteiger charge is 2.12. The van der Waals surface area contributed by atoms with Crippen LogP contribution in [-0.4, -0.2) is 22.6 Å². The minimum absolute atomic E-state index is 0.0856. The van der Waals surface area contributed by atoms with E-state index in [4.69, 9.17) is 0 Å². The van der Waals surface area contributed by atoms with E-state index in [1.807, 2.05) is 31.2 Å². The van der Waals surface area contributed by atoms with Crippen LogP contribution in [0.5, 0.6) is 0 Å². The third kappa shape index (κ3) is 5.35. The quantitative estimate of drug-likeness (QED) is 0.630. The van der Waals surface area contributed by atoms with Crippen LogP contribution in [0.4, 0.5) is 5.69 Å². The number of hydrogen-bond acceptors (Lipinski definition) is 4. The first-order valence-electron chi connectivity index (χ1n) is 9.14. The number of ketones is 1. The Morgan fingerprint density at radius 1 is 0.897 bits per heavy atom. The molecule has 1 heterocycles. The van der Waals surface area contributed by atoms with Gasteiger partial charge in [0.25, 0.3) is 11.8 Å². The molecular weight excluding hydrogens is 366 g/mol. The Balaban J connectivity index is 1.68. The van der Waals surface area contributed by atoms with Crippen LogP contribution in [0, 0.1) is 6.92 Å². The van der Waals surface area contributed by atoms with Crippen molar-refractivity contribution in [1.29, 1.82) is 0 Å². The Hall–Kier alpha value is -3.80. The lowest BCUT2D eigenvalue weighted by atomic mass is 10.1. The number of hydrogen-bond donors (Lipinski definition) is 2. The van der Waals surface area contributed by atoms with Crippen molar-refractivity contribution < 1.29 is 14.4 Å². The molecule has 0 aliphatic rings. The van der Waals surface area contributed by atoms with Gasteiger partial charge in [-0.2, -0.15) is 0 Å². The topological polar surface area (TPSA) is 88.2 Å². The van der Waals surface area contributed by atoms with Gasteiger partial charge in [-0.3, -0.25) is 19.4 Å². The SMILES string of the molecule is CC(=O)c1cccc(NC(=O)c2ccnc(C(=O)NCc3cccc(C)c3)c2)c1. The van der Waals surface area contributed by atoms with Gasteiger partial charge in [-0.1, -0.05) is 42.0 Å². The van der Waals surface area contributed by atoms with E-state index in [1.165, 1.54) is 25.3 Å². The van der Waals surface area contributed by atoms with Gasteiger partial charge < -0.3 is 10.6 Å². The number of aryl methyl sites for hydroxylation is 1. The lowest BCUT2D eigenvalue weighted by Gasteiger charge is -2.08. The summed E-state index contributed by atoms with van der Waals surface area (Å²) in [5, 5.41) is 5.54. The average molecular weight is 387 g/mol. The zero-order valence-electron chi connectivity index (χ0n) is 16.2. The maximum atomic E-state index is 12.5. The fourth-order valence-electron chi connectivity index (χ4n) is 2.81. The molecule has 3 rings (SSSR count). The largest absolute Gasteiger partial charge is 0.347 e. The van der Waals surface area contributed by atoms with Gasteiger partial charge in [0.15, 0.2) is 5.78 Å². The number of anilines is 1. The van der Waals surface area contributed by atoms with Gasteiger partial charge in [0.2, 0.25) is 0 Å². The number of rotatable bonds is 6. The molecule has 0 bridgehead atoms. The standard InChI is InChI=1S/C23H21N3O3/c1-15-5-3-6-17(11-15)14-25-23(29)21-13-19(9-10-24-21)22(28)26-20-8-4-7-18(12-20)16(2)27/h3-13H,14H2,1-2H3,(H,25,29)(H,26,28). The summed E-state index contributed by atoms with van der Waals surface area (Å²) in [5.74, 6) is -0.835. The first-order valence-corrected chi connectivity index (χ1v) is 9.14. The third-order valence-electron chi connectivity index (χ3n) is 4.32. The number of Topliss-reactive ketones (excluding diaryl/α,β-unsaturated/α-hetero) is 1. The van der Waals surface area contributed by atoms with E-state index >= 15 is 0 Å². The van der Waals surface area contributed by atoms with Gasteiger partial charge in [0.1, 0.15) is 5.69 Å². The highest BCUT2D eigenvalue weighted by atomic mass is 16.2. The minimum Gasteiger partial charge on any atom is -0.347 e. The first kappa shape index (κ1) is 19.9. The molecular formula is C23H21N3O3. The van der Waals surface area contributed by atoms with E-state index < -0.39 is 0 Å². The summed E-state index contributed by atoms with van der Waals surface area (Å²) < 4.78 is 0. The Bertz CT molecular complexity index is 1080. The van der Waals surface area contributed by atoms with E-state index in [1.54, 1.807) is 24.3 Å². The molecule has 6 nitrogen and oxygen atoms in total. The number of amides is 2. The lowest BCUT2D eigenvalue weighted by Crippen LogP contribution is -2.24.